The highest BCUT2D eigenvalue weighted by Gasteiger charge is 2.44. The number of alkyl halides is 3. The zero-order valence-electron chi connectivity index (χ0n) is 13.0. The number of hydrogen-bond donors (Lipinski definition) is 2. The smallest absolute Gasteiger partial charge is 0.368 e. The Labute approximate surface area is 124 Å². The molecule has 0 aromatic carbocycles. The lowest BCUT2D eigenvalue weighted by Gasteiger charge is -2.44. The first-order valence-electron chi connectivity index (χ1n) is 7.48. The van der Waals surface area contributed by atoms with Gasteiger partial charge >= 0.3 is 6.18 Å². The minimum absolute atomic E-state index is 0.0499. The van der Waals surface area contributed by atoms with Gasteiger partial charge in [0.05, 0.1) is 12.1 Å². The van der Waals surface area contributed by atoms with Crippen molar-refractivity contribution >= 4 is 5.91 Å². The van der Waals surface area contributed by atoms with Crippen LogP contribution in [-0.4, -0.2) is 47.7 Å². The van der Waals surface area contributed by atoms with Crippen molar-refractivity contribution in [2.24, 2.45) is 5.73 Å². The number of nitrogens with two attached hydrogens (primary N) is 1. The van der Waals surface area contributed by atoms with E-state index in [1.807, 2.05) is 13.8 Å². The third-order valence-electron chi connectivity index (χ3n) is 4.07. The van der Waals surface area contributed by atoms with Crippen molar-refractivity contribution in [2.75, 3.05) is 13.1 Å². The van der Waals surface area contributed by atoms with Crippen molar-refractivity contribution < 1.29 is 18.0 Å². The second kappa shape index (κ2) is 6.96. The molecular formula is C14H26F3N3O. The predicted molar refractivity (Wildman–Crippen MR) is 75.8 cm³/mol. The van der Waals surface area contributed by atoms with Gasteiger partial charge in [-0.1, -0.05) is 6.92 Å². The molecule has 0 spiro atoms. The predicted octanol–water partition coefficient (Wildman–Crippen LogP) is 2.04. The molecule has 1 fully saturated rings. The molecule has 2 unspecified atom stereocenters. The maximum absolute atomic E-state index is 12.7. The zero-order valence-corrected chi connectivity index (χ0v) is 13.0. The van der Waals surface area contributed by atoms with Crippen LogP contribution in [0.4, 0.5) is 13.2 Å². The molecule has 0 aromatic rings. The summed E-state index contributed by atoms with van der Waals surface area (Å²) >= 11 is 0. The monoisotopic (exact) mass is 309 g/mol. The molecule has 4 nitrogen and oxygen atoms in total. The van der Waals surface area contributed by atoms with Crippen molar-refractivity contribution in [2.45, 2.75) is 70.3 Å². The molecule has 0 aromatic heterocycles. The van der Waals surface area contributed by atoms with Crippen molar-refractivity contribution in [1.29, 1.82) is 0 Å². The van der Waals surface area contributed by atoms with E-state index in [0.29, 0.717) is 32.2 Å². The maximum atomic E-state index is 12.7. The van der Waals surface area contributed by atoms with Gasteiger partial charge in [-0.25, -0.2) is 0 Å². The minimum atomic E-state index is -4.23. The Morgan fingerprint density at radius 1 is 1.48 bits per heavy atom. The van der Waals surface area contributed by atoms with E-state index in [-0.39, 0.29) is 12.1 Å². The molecule has 0 aliphatic heterocycles. The first-order valence-corrected chi connectivity index (χ1v) is 7.48. The summed E-state index contributed by atoms with van der Waals surface area (Å²) in [5.74, 6) is -0.469. The van der Waals surface area contributed by atoms with Crippen LogP contribution in [0.25, 0.3) is 0 Å². The van der Waals surface area contributed by atoms with Crippen LogP contribution in [0.5, 0.6) is 0 Å². The summed E-state index contributed by atoms with van der Waals surface area (Å²) < 4.78 is 38.0. The van der Waals surface area contributed by atoms with Crippen LogP contribution in [0.2, 0.25) is 0 Å². The third kappa shape index (κ3) is 5.14. The molecule has 1 amide bonds. The lowest BCUT2D eigenvalue weighted by molar-refractivity contribution is -0.153. The summed E-state index contributed by atoms with van der Waals surface area (Å²) in [7, 11) is 0. The summed E-state index contributed by atoms with van der Waals surface area (Å²) in [6, 6.07) is -0.224. The van der Waals surface area contributed by atoms with Crippen molar-refractivity contribution in [1.82, 2.24) is 10.2 Å². The van der Waals surface area contributed by atoms with Gasteiger partial charge < -0.3 is 11.1 Å². The molecule has 1 aliphatic carbocycles. The van der Waals surface area contributed by atoms with Crippen molar-refractivity contribution in [3.63, 3.8) is 0 Å². The van der Waals surface area contributed by atoms with Gasteiger partial charge in [-0.2, -0.15) is 13.2 Å². The quantitative estimate of drug-likeness (QED) is 0.789. The van der Waals surface area contributed by atoms with Gasteiger partial charge in [-0.15, -0.1) is 0 Å². The van der Waals surface area contributed by atoms with Crippen LogP contribution >= 0.6 is 0 Å². The van der Waals surface area contributed by atoms with Gasteiger partial charge in [0.25, 0.3) is 0 Å². The second-order valence-electron chi connectivity index (χ2n) is 6.17. The number of carbonyl (C=O) groups excluding carboxylic acids is 1. The van der Waals surface area contributed by atoms with Gasteiger partial charge in [0.1, 0.15) is 0 Å². The first-order chi connectivity index (χ1) is 9.59. The molecule has 2 atom stereocenters. The molecule has 7 heteroatoms. The molecular weight excluding hydrogens is 283 g/mol. The SMILES string of the molecule is CCN(CC(F)(F)F)C1CCCC(NC(C)C)(C(N)=O)C1. The van der Waals surface area contributed by atoms with Gasteiger partial charge in [0.15, 0.2) is 0 Å². The first kappa shape index (κ1) is 18.2. The fraction of sp³-hybridized carbons (Fsp3) is 0.929. The van der Waals surface area contributed by atoms with E-state index < -0.39 is 24.2 Å². The third-order valence-corrected chi connectivity index (χ3v) is 4.07. The van der Waals surface area contributed by atoms with E-state index in [4.69, 9.17) is 5.73 Å². The molecule has 1 rings (SSSR count). The van der Waals surface area contributed by atoms with Crippen LogP contribution in [0.1, 0.15) is 46.5 Å². The Balaban J connectivity index is 2.87. The number of rotatable bonds is 6. The second-order valence-corrected chi connectivity index (χ2v) is 6.17. The lowest BCUT2D eigenvalue weighted by atomic mass is 9.77. The standard InChI is InChI=1S/C14H26F3N3O/c1-4-20(9-14(15,16)17)11-6-5-7-13(8-11,12(18)21)19-10(2)3/h10-11,19H,4-9H2,1-3H3,(H2,18,21). The van der Waals surface area contributed by atoms with E-state index >= 15 is 0 Å². The minimum Gasteiger partial charge on any atom is -0.368 e. The summed E-state index contributed by atoms with van der Waals surface area (Å²) in [5.41, 5.74) is 4.65. The van der Waals surface area contributed by atoms with E-state index in [2.05, 4.69) is 5.32 Å². The highest BCUT2D eigenvalue weighted by molar-refractivity contribution is 5.85. The van der Waals surface area contributed by atoms with Gasteiger partial charge in [0.2, 0.25) is 5.91 Å². The van der Waals surface area contributed by atoms with Crippen LogP contribution in [-0.2, 0) is 4.79 Å². The number of hydrogen-bond acceptors (Lipinski definition) is 3. The zero-order chi connectivity index (χ0) is 16.3. The lowest BCUT2D eigenvalue weighted by Crippen LogP contribution is -2.62. The largest absolute Gasteiger partial charge is 0.401 e. The molecule has 0 radical (unpaired) electrons. The topological polar surface area (TPSA) is 58.4 Å². The molecule has 3 N–H and O–H groups in total. The van der Waals surface area contributed by atoms with Crippen LogP contribution < -0.4 is 11.1 Å². The molecule has 21 heavy (non-hydrogen) atoms. The Morgan fingerprint density at radius 2 is 2.10 bits per heavy atom. The van der Waals surface area contributed by atoms with Crippen LogP contribution in [0, 0.1) is 0 Å². The van der Waals surface area contributed by atoms with Gasteiger partial charge in [-0.05, 0) is 46.1 Å². The van der Waals surface area contributed by atoms with Gasteiger partial charge in [0, 0.05) is 12.1 Å². The van der Waals surface area contributed by atoms with E-state index in [9.17, 15) is 18.0 Å². The number of carbonyl (C=O) groups is 1. The van der Waals surface area contributed by atoms with E-state index in [1.165, 1.54) is 4.90 Å². The fourth-order valence-corrected chi connectivity index (χ4v) is 3.27. The van der Waals surface area contributed by atoms with Crippen LogP contribution in [0.3, 0.4) is 0 Å². The maximum Gasteiger partial charge on any atom is 0.401 e. The molecule has 0 bridgehead atoms. The average Bonchev–Trinajstić information content (AvgIpc) is 2.34. The molecule has 0 saturated heterocycles. The summed E-state index contributed by atoms with van der Waals surface area (Å²) in [6.07, 6.45) is -1.94. The summed E-state index contributed by atoms with van der Waals surface area (Å²) in [6.45, 7) is 4.89. The Hall–Kier alpha value is -0.820. The fourth-order valence-electron chi connectivity index (χ4n) is 3.27. The van der Waals surface area contributed by atoms with E-state index in [1.54, 1.807) is 6.92 Å². The number of nitrogens with zero attached hydrogens (tertiary/aromatic N) is 1. The highest BCUT2D eigenvalue weighted by atomic mass is 19.4. The normalized spacial score (nSPS) is 27.3. The Kier molecular flexibility index (Phi) is 6.04. The Bertz CT molecular complexity index is 360. The summed E-state index contributed by atoms with van der Waals surface area (Å²) in [4.78, 5) is 13.3. The van der Waals surface area contributed by atoms with Crippen molar-refractivity contribution in [3.05, 3.63) is 0 Å². The summed E-state index contributed by atoms with van der Waals surface area (Å²) in [5, 5.41) is 3.18. The molecule has 0 heterocycles. The number of amides is 1. The number of primary amides is 1. The molecule has 1 aliphatic rings. The van der Waals surface area contributed by atoms with Gasteiger partial charge in [-0.3, -0.25) is 9.69 Å². The average molecular weight is 309 g/mol. The molecule has 124 valence electrons. The number of nitrogens with one attached hydrogen (secondary N) is 1. The Morgan fingerprint density at radius 3 is 2.52 bits per heavy atom. The van der Waals surface area contributed by atoms with Crippen LogP contribution in [0.15, 0.2) is 0 Å². The highest BCUT2D eigenvalue weighted by Crippen LogP contribution is 2.33. The number of halogens is 3. The molecule has 1 saturated carbocycles. The van der Waals surface area contributed by atoms with Crippen molar-refractivity contribution in [3.8, 4) is 0 Å². The van der Waals surface area contributed by atoms with E-state index in [0.717, 1.165) is 0 Å².